The van der Waals surface area contributed by atoms with E-state index in [0.717, 1.165) is 68.7 Å². The number of carbonyl (C=O) groups is 1. The predicted molar refractivity (Wildman–Crippen MR) is 177 cm³/mol. The highest BCUT2D eigenvalue weighted by Crippen LogP contribution is 2.38. The number of fused-ring (bicyclic) bond motifs is 2. The summed E-state index contributed by atoms with van der Waals surface area (Å²) in [7, 11) is 1.88. The van der Waals surface area contributed by atoms with Gasteiger partial charge in [0.25, 0.3) is 0 Å². The van der Waals surface area contributed by atoms with Gasteiger partial charge in [-0.05, 0) is 77.9 Å². The second-order valence-electron chi connectivity index (χ2n) is 12.5. The molecule has 1 aromatic heterocycles. The Labute approximate surface area is 269 Å². The summed E-state index contributed by atoms with van der Waals surface area (Å²) in [5.74, 6) is -0.526. The van der Waals surface area contributed by atoms with Gasteiger partial charge in [-0.1, -0.05) is 73.7 Å². The molecule has 0 spiro atoms. The molecule has 1 aliphatic rings. The fourth-order valence-electron chi connectivity index (χ4n) is 6.55. The lowest BCUT2D eigenvalue weighted by molar-refractivity contribution is -0.149. The third kappa shape index (κ3) is 6.53. The first kappa shape index (κ1) is 31.4. The molecule has 0 fully saturated rings. The quantitative estimate of drug-likeness (QED) is 0.160. The van der Waals surface area contributed by atoms with Crippen LogP contribution in [-0.2, 0) is 36.3 Å². The summed E-state index contributed by atoms with van der Waals surface area (Å²) in [5, 5.41) is 8.69. The van der Waals surface area contributed by atoms with Crippen LogP contribution in [0.2, 0.25) is 0 Å². The number of halogens is 1. The van der Waals surface area contributed by atoms with Crippen LogP contribution in [0.15, 0.2) is 78.9 Å². The molecular weight excluding hydrogens is 579 g/mol. The number of nitrogens with zero attached hydrogens (tertiary/aromatic N) is 4. The molecule has 0 saturated heterocycles. The van der Waals surface area contributed by atoms with E-state index in [2.05, 4.69) is 60.2 Å². The van der Waals surface area contributed by atoms with Crippen molar-refractivity contribution in [2.75, 3.05) is 6.54 Å². The van der Waals surface area contributed by atoms with E-state index in [9.17, 15) is 9.18 Å². The average Bonchev–Trinajstić information content (AvgIpc) is 3.34. The molecule has 3 atom stereocenters. The molecule has 7 nitrogen and oxygen atoms in total. The van der Waals surface area contributed by atoms with Gasteiger partial charge in [-0.25, -0.2) is 9.07 Å². The predicted octanol–water partition coefficient (Wildman–Crippen LogP) is 7.41. The summed E-state index contributed by atoms with van der Waals surface area (Å²) in [6.07, 6.45) is 0.852. The molecule has 0 radical (unpaired) electrons. The van der Waals surface area contributed by atoms with E-state index in [0.29, 0.717) is 13.1 Å². The van der Waals surface area contributed by atoms with Crippen molar-refractivity contribution in [3.05, 3.63) is 124 Å². The molecule has 5 aromatic rings. The van der Waals surface area contributed by atoms with Crippen LogP contribution in [0.25, 0.3) is 11.0 Å². The van der Waals surface area contributed by atoms with Crippen LogP contribution in [0.3, 0.4) is 0 Å². The number of carbonyl (C=O) groups excluding carboxylic acids is 1. The maximum atomic E-state index is 14.2. The molecule has 238 valence electrons. The Morgan fingerprint density at radius 1 is 1.07 bits per heavy atom. The van der Waals surface area contributed by atoms with Gasteiger partial charge in [-0.3, -0.25) is 9.69 Å². The molecule has 0 bridgehead atoms. The lowest BCUT2D eigenvalue weighted by Gasteiger charge is -2.28. The van der Waals surface area contributed by atoms with E-state index in [4.69, 9.17) is 9.47 Å². The summed E-state index contributed by atoms with van der Waals surface area (Å²) < 4.78 is 28.1. The highest BCUT2D eigenvalue weighted by atomic mass is 19.1. The van der Waals surface area contributed by atoms with E-state index < -0.39 is 5.92 Å². The van der Waals surface area contributed by atoms with Crippen molar-refractivity contribution in [2.45, 2.75) is 65.8 Å². The normalized spacial score (nSPS) is 16.3. The first-order valence-electron chi connectivity index (χ1n) is 16.0. The van der Waals surface area contributed by atoms with Gasteiger partial charge in [0.1, 0.15) is 29.8 Å². The minimum Gasteiger partial charge on any atom is -0.489 e. The first-order valence-corrected chi connectivity index (χ1v) is 16.0. The molecule has 0 N–H and O–H groups in total. The molecule has 2 heterocycles. The molecule has 46 heavy (non-hydrogen) atoms. The van der Waals surface area contributed by atoms with Crippen LogP contribution in [0.4, 0.5) is 4.39 Å². The van der Waals surface area contributed by atoms with Gasteiger partial charge in [0.15, 0.2) is 0 Å². The summed E-state index contributed by atoms with van der Waals surface area (Å²) in [4.78, 5) is 16.0. The second kappa shape index (κ2) is 13.4. The van der Waals surface area contributed by atoms with Crippen LogP contribution >= 0.6 is 0 Å². The maximum Gasteiger partial charge on any atom is 0.309 e. The molecule has 4 aromatic carbocycles. The molecule has 0 amide bonds. The van der Waals surface area contributed by atoms with E-state index in [-0.39, 0.29) is 30.4 Å². The van der Waals surface area contributed by atoms with Gasteiger partial charge >= 0.3 is 5.97 Å². The summed E-state index contributed by atoms with van der Waals surface area (Å²) >= 11 is 0. The van der Waals surface area contributed by atoms with Crippen LogP contribution in [0, 0.1) is 25.6 Å². The lowest BCUT2D eigenvalue weighted by atomic mass is 9.78. The zero-order valence-electron chi connectivity index (χ0n) is 27.2. The zero-order valence-corrected chi connectivity index (χ0v) is 27.2. The Kier molecular flexibility index (Phi) is 9.17. The maximum absolute atomic E-state index is 14.2. The third-order valence-corrected chi connectivity index (χ3v) is 9.26. The highest BCUT2D eigenvalue weighted by Gasteiger charge is 2.31. The third-order valence-electron chi connectivity index (χ3n) is 9.26. The average molecular weight is 621 g/mol. The molecule has 0 saturated carbocycles. The van der Waals surface area contributed by atoms with E-state index in [1.807, 2.05) is 50.4 Å². The van der Waals surface area contributed by atoms with Crippen molar-refractivity contribution in [1.82, 2.24) is 19.9 Å². The Balaban J connectivity index is 1.35. The van der Waals surface area contributed by atoms with Crippen molar-refractivity contribution in [3.8, 4) is 5.75 Å². The molecule has 8 heteroatoms. The van der Waals surface area contributed by atoms with Gasteiger partial charge in [-0.2, -0.15) is 0 Å². The fourth-order valence-corrected chi connectivity index (χ4v) is 6.55. The van der Waals surface area contributed by atoms with Crippen molar-refractivity contribution < 1.29 is 18.7 Å². The number of hydrogen-bond acceptors (Lipinski definition) is 6. The van der Waals surface area contributed by atoms with Crippen molar-refractivity contribution in [2.24, 2.45) is 13.0 Å². The largest absolute Gasteiger partial charge is 0.489 e. The SMILES string of the molecule is CC[C@@H]1CN(Cc2cc([C@H](c3ccc4c(nnn4C)c3C)C(C)C(=O)OCc3ccccc3)ccc2C)Cc2cc(F)ccc2O1. The smallest absolute Gasteiger partial charge is 0.309 e. The Morgan fingerprint density at radius 3 is 2.65 bits per heavy atom. The summed E-state index contributed by atoms with van der Waals surface area (Å²) in [5.41, 5.74) is 8.91. The van der Waals surface area contributed by atoms with Crippen molar-refractivity contribution in [1.29, 1.82) is 0 Å². The van der Waals surface area contributed by atoms with E-state index in [1.54, 1.807) is 16.8 Å². The number of ether oxygens (including phenoxy) is 2. The van der Waals surface area contributed by atoms with Gasteiger partial charge < -0.3 is 9.47 Å². The van der Waals surface area contributed by atoms with Crippen molar-refractivity contribution >= 4 is 17.0 Å². The van der Waals surface area contributed by atoms with Gasteiger partial charge in [0, 0.05) is 38.2 Å². The van der Waals surface area contributed by atoms with Gasteiger partial charge in [-0.15, -0.1) is 5.10 Å². The number of benzene rings is 4. The number of aromatic nitrogens is 3. The standard InChI is InChI=1S/C38H41FN4O3/c1-6-32-22-43(21-30-19-31(39)14-17-35(30)46-32)20-29-18-28(13-12-24(29)2)36(26(4)38(44)45-23-27-10-8-7-9-11-27)33-15-16-34-37(25(33)3)40-41-42(34)5/h7-19,26,32,36H,6,20-23H2,1-5H3/t26?,32-,36-/m1/s1. The number of rotatable bonds is 9. The number of hydrogen-bond donors (Lipinski definition) is 0. The van der Waals surface area contributed by atoms with Crippen LogP contribution in [0.5, 0.6) is 5.75 Å². The fraction of sp³-hybridized carbons (Fsp3) is 0.342. The minimum atomic E-state index is -0.474. The Morgan fingerprint density at radius 2 is 1.87 bits per heavy atom. The van der Waals surface area contributed by atoms with E-state index in [1.165, 1.54) is 6.07 Å². The number of esters is 1. The van der Waals surface area contributed by atoms with Crippen molar-refractivity contribution in [3.63, 3.8) is 0 Å². The van der Waals surface area contributed by atoms with Crippen LogP contribution in [0.1, 0.15) is 65.1 Å². The first-order chi connectivity index (χ1) is 22.2. The second-order valence-corrected chi connectivity index (χ2v) is 12.5. The Hall–Kier alpha value is -4.56. The molecule has 1 unspecified atom stereocenters. The highest BCUT2D eigenvalue weighted by molar-refractivity contribution is 5.81. The lowest BCUT2D eigenvalue weighted by Crippen LogP contribution is -2.32. The van der Waals surface area contributed by atoms with Gasteiger partial charge in [0.05, 0.1) is 11.4 Å². The molecular formula is C38H41FN4O3. The van der Waals surface area contributed by atoms with E-state index >= 15 is 0 Å². The monoisotopic (exact) mass is 620 g/mol. The zero-order chi connectivity index (χ0) is 32.4. The van der Waals surface area contributed by atoms with Crippen LogP contribution < -0.4 is 4.74 Å². The topological polar surface area (TPSA) is 69.5 Å². The molecule has 0 aliphatic carbocycles. The minimum absolute atomic E-state index is 0.00344. The summed E-state index contributed by atoms with van der Waals surface area (Å²) in [6, 6.07) is 25.1. The molecule has 6 rings (SSSR count). The summed E-state index contributed by atoms with van der Waals surface area (Å²) in [6.45, 7) is 10.4. The van der Waals surface area contributed by atoms with Gasteiger partial charge in [0.2, 0.25) is 0 Å². The van der Waals surface area contributed by atoms with Crippen LogP contribution in [-0.4, -0.2) is 38.5 Å². The Bertz CT molecular complexity index is 1850. The number of aryl methyl sites for hydroxylation is 3. The molecule has 1 aliphatic heterocycles.